The molecule has 150 valence electrons. The molecule has 0 saturated heterocycles. The van der Waals surface area contributed by atoms with E-state index < -0.39 is 11.4 Å². The summed E-state index contributed by atoms with van der Waals surface area (Å²) >= 11 is 0. The molecule has 1 saturated carbocycles. The van der Waals surface area contributed by atoms with Crippen LogP contribution in [0.1, 0.15) is 47.2 Å². The first kappa shape index (κ1) is 19.3. The van der Waals surface area contributed by atoms with E-state index in [0.29, 0.717) is 18.4 Å². The van der Waals surface area contributed by atoms with Crippen molar-refractivity contribution in [2.45, 2.75) is 37.5 Å². The van der Waals surface area contributed by atoms with Gasteiger partial charge in [-0.1, -0.05) is 25.0 Å². The van der Waals surface area contributed by atoms with Crippen molar-refractivity contribution >= 4 is 23.3 Å². The van der Waals surface area contributed by atoms with E-state index in [1.165, 1.54) is 12.1 Å². The molecule has 0 aromatic heterocycles. The topological polar surface area (TPSA) is 63.7 Å². The molecule has 5 nitrogen and oxygen atoms in total. The maximum Gasteiger partial charge on any atom is 0.317 e. The lowest BCUT2D eigenvalue weighted by Crippen LogP contribution is -2.35. The lowest BCUT2D eigenvalue weighted by molar-refractivity contribution is -0.149. The Hall–Kier alpha value is -3.02. The molecule has 0 spiro atoms. The zero-order chi connectivity index (χ0) is 20.6. The van der Waals surface area contributed by atoms with E-state index in [-0.39, 0.29) is 30.5 Å². The summed E-state index contributed by atoms with van der Waals surface area (Å²) in [7, 11) is 1.70. The Morgan fingerprint density at radius 2 is 1.79 bits per heavy atom. The first-order valence-corrected chi connectivity index (χ1v) is 9.77. The van der Waals surface area contributed by atoms with Crippen molar-refractivity contribution in [3.8, 4) is 0 Å². The van der Waals surface area contributed by atoms with Crippen LogP contribution in [-0.2, 0) is 26.2 Å². The average Bonchev–Trinajstić information content (AvgIpc) is 3.32. The number of hydrogen-bond donors (Lipinski definition) is 0. The van der Waals surface area contributed by atoms with Crippen molar-refractivity contribution in [3.63, 3.8) is 0 Å². The van der Waals surface area contributed by atoms with Crippen LogP contribution in [0.4, 0.5) is 10.1 Å². The number of rotatable bonds is 5. The van der Waals surface area contributed by atoms with Crippen molar-refractivity contribution < 1.29 is 23.5 Å². The Bertz CT molecular complexity index is 977. The number of ketones is 1. The third-order valence-electron chi connectivity index (χ3n) is 6.06. The second-order valence-electron chi connectivity index (χ2n) is 7.77. The van der Waals surface area contributed by atoms with E-state index in [1.54, 1.807) is 42.3 Å². The maximum atomic E-state index is 13.3. The van der Waals surface area contributed by atoms with Gasteiger partial charge in [0.2, 0.25) is 5.91 Å². The van der Waals surface area contributed by atoms with Crippen LogP contribution in [0.25, 0.3) is 0 Å². The third kappa shape index (κ3) is 3.43. The van der Waals surface area contributed by atoms with Crippen molar-refractivity contribution in [2.75, 3.05) is 18.6 Å². The molecular formula is C23H22FNO4. The SMILES string of the molecule is CN1C(=O)Cc2cc(C(=O)COC(=O)C3(c4ccc(F)cc4)CCCC3)ccc21. The van der Waals surface area contributed by atoms with Crippen LogP contribution in [0.5, 0.6) is 0 Å². The summed E-state index contributed by atoms with van der Waals surface area (Å²) < 4.78 is 18.7. The number of halogens is 1. The second-order valence-corrected chi connectivity index (χ2v) is 7.77. The minimum Gasteiger partial charge on any atom is -0.457 e. The van der Waals surface area contributed by atoms with Crippen LogP contribution in [0.2, 0.25) is 0 Å². The Morgan fingerprint density at radius 3 is 2.48 bits per heavy atom. The van der Waals surface area contributed by atoms with Gasteiger partial charge in [-0.15, -0.1) is 0 Å². The molecule has 4 rings (SSSR count). The zero-order valence-electron chi connectivity index (χ0n) is 16.2. The van der Waals surface area contributed by atoms with Crippen molar-refractivity contribution in [3.05, 3.63) is 65.0 Å². The number of ether oxygens (including phenoxy) is 1. The van der Waals surface area contributed by atoms with E-state index in [4.69, 9.17) is 4.74 Å². The first-order valence-electron chi connectivity index (χ1n) is 9.77. The smallest absolute Gasteiger partial charge is 0.317 e. The highest BCUT2D eigenvalue weighted by atomic mass is 19.1. The summed E-state index contributed by atoms with van der Waals surface area (Å²) in [4.78, 5) is 38.9. The molecule has 29 heavy (non-hydrogen) atoms. The highest BCUT2D eigenvalue weighted by Crippen LogP contribution is 2.42. The third-order valence-corrected chi connectivity index (χ3v) is 6.06. The molecule has 1 fully saturated rings. The highest BCUT2D eigenvalue weighted by molar-refractivity contribution is 6.04. The number of benzene rings is 2. The van der Waals surface area contributed by atoms with Gasteiger partial charge in [-0.3, -0.25) is 14.4 Å². The summed E-state index contributed by atoms with van der Waals surface area (Å²) in [5.74, 6) is -1.12. The molecule has 0 bridgehead atoms. The molecule has 6 heteroatoms. The van der Waals surface area contributed by atoms with Crippen LogP contribution < -0.4 is 4.90 Å². The number of fused-ring (bicyclic) bond motifs is 1. The molecule has 0 N–H and O–H groups in total. The molecule has 2 aromatic rings. The highest BCUT2D eigenvalue weighted by Gasteiger charge is 2.44. The summed E-state index contributed by atoms with van der Waals surface area (Å²) in [6.45, 7) is -0.357. The van der Waals surface area contributed by atoms with Crippen LogP contribution in [0.3, 0.4) is 0 Å². The summed E-state index contributed by atoms with van der Waals surface area (Å²) in [6, 6.07) is 11.0. The Labute approximate surface area is 168 Å². The molecule has 0 atom stereocenters. The molecule has 1 aliphatic carbocycles. The van der Waals surface area contributed by atoms with Crippen LogP contribution in [0.15, 0.2) is 42.5 Å². The molecule has 1 amide bonds. The standard InChI is InChI=1S/C23H22FNO4/c1-25-19-9-4-15(12-16(19)13-21(25)27)20(26)14-29-22(28)23(10-2-3-11-23)17-5-7-18(24)8-6-17/h4-9,12H,2-3,10-11,13-14H2,1H3. The van der Waals surface area contributed by atoms with E-state index in [9.17, 15) is 18.8 Å². The molecule has 1 aliphatic heterocycles. The van der Waals surface area contributed by atoms with Crippen molar-refractivity contribution in [1.82, 2.24) is 0 Å². The Morgan fingerprint density at radius 1 is 1.10 bits per heavy atom. The predicted molar refractivity (Wildman–Crippen MR) is 105 cm³/mol. The number of Topliss-reactive ketones (excluding diaryl/α,β-unsaturated/α-hetero) is 1. The lowest BCUT2D eigenvalue weighted by atomic mass is 9.79. The number of esters is 1. The van der Waals surface area contributed by atoms with E-state index in [0.717, 1.165) is 29.7 Å². The maximum absolute atomic E-state index is 13.3. The van der Waals surface area contributed by atoms with Crippen molar-refractivity contribution in [2.24, 2.45) is 0 Å². The van der Waals surface area contributed by atoms with Gasteiger partial charge >= 0.3 is 5.97 Å². The van der Waals surface area contributed by atoms with Crippen LogP contribution in [0, 0.1) is 5.82 Å². The van der Waals surface area contributed by atoms with E-state index in [1.807, 2.05) is 0 Å². The minimum atomic E-state index is -0.818. The number of nitrogens with zero attached hydrogens (tertiary/aromatic N) is 1. The molecule has 0 radical (unpaired) electrons. The normalized spacial score (nSPS) is 17.3. The fraction of sp³-hybridized carbons (Fsp3) is 0.348. The van der Waals surface area contributed by atoms with Gasteiger partial charge in [-0.05, 0) is 54.3 Å². The number of carbonyl (C=O) groups excluding carboxylic acids is 3. The summed E-state index contributed by atoms with van der Waals surface area (Å²) in [6.07, 6.45) is 3.28. The van der Waals surface area contributed by atoms with Gasteiger partial charge in [-0.25, -0.2) is 4.39 Å². The molecule has 2 aromatic carbocycles. The van der Waals surface area contributed by atoms with Gasteiger partial charge in [-0.2, -0.15) is 0 Å². The Kier molecular flexibility index (Phi) is 4.94. The van der Waals surface area contributed by atoms with Gasteiger partial charge < -0.3 is 9.64 Å². The number of hydrogen-bond acceptors (Lipinski definition) is 4. The minimum absolute atomic E-state index is 0.0153. The van der Waals surface area contributed by atoms with Gasteiger partial charge in [0.15, 0.2) is 12.4 Å². The molecule has 0 unspecified atom stereocenters. The van der Waals surface area contributed by atoms with E-state index >= 15 is 0 Å². The van der Waals surface area contributed by atoms with Crippen LogP contribution >= 0.6 is 0 Å². The number of amides is 1. The predicted octanol–water partition coefficient (Wildman–Crippen LogP) is 3.58. The van der Waals surface area contributed by atoms with Crippen LogP contribution in [-0.4, -0.2) is 31.3 Å². The largest absolute Gasteiger partial charge is 0.457 e. The quantitative estimate of drug-likeness (QED) is 0.573. The monoisotopic (exact) mass is 395 g/mol. The number of carbonyl (C=O) groups is 3. The first-order chi connectivity index (χ1) is 13.9. The second kappa shape index (κ2) is 7.43. The average molecular weight is 395 g/mol. The fourth-order valence-electron chi connectivity index (χ4n) is 4.35. The van der Waals surface area contributed by atoms with Gasteiger partial charge in [0, 0.05) is 18.3 Å². The lowest BCUT2D eigenvalue weighted by Gasteiger charge is -2.27. The van der Waals surface area contributed by atoms with Gasteiger partial charge in [0.25, 0.3) is 0 Å². The van der Waals surface area contributed by atoms with E-state index in [2.05, 4.69) is 0 Å². The number of likely N-dealkylation sites (N-methyl/N-ethyl adjacent to an activating group) is 1. The fourth-order valence-corrected chi connectivity index (χ4v) is 4.35. The van der Waals surface area contributed by atoms with Gasteiger partial charge in [0.05, 0.1) is 11.8 Å². The summed E-state index contributed by atoms with van der Waals surface area (Å²) in [5, 5.41) is 0. The van der Waals surface area contributed by atoms with Crippen molar-refractivity contribution in [1.29, 1.82) is 0 Å². The molecule has 2 aliphatic rings. The summed E-state index contributed by atoms with van der Waals surface area (Å²) in [5.41, 5.74) is 1.92. The Balaban J connectivity index is 1.47. The molecule has 1 heterocycles. The zero-order valence-corrected chi connectivity index (χ0v) is 16.2. The number of anilines is 1. The van der Waals surface area contributed by atoms with Gasteiger partial charge in [0.1, 0.15) is 5.82 Å². The molecular weight excluding hydrogens is 373 g/mol.